The zero-order chi connectivity index (χ0) is 18.5. The Kier molecular flexibility index (Phi) is 5.65. The third-order valence-electron chi connectivity index (χ3n) is 3.72. The number of amides is 1. The standard InChI is InChI=1S/C18H14Cl2N4O2/c19-13-2-1-11(15(20)9-13)5-8-22-17(25)14-10-16(23-24-18(14)26)12-3-6-21-7-4-12/h1-4,6-7,9-10H,5,8H2,(H,22,25)(H,24,26). The van der Waals surface area contributed by atoms with Gasteiger partial charge in [0.05, 0.1) is 5.69 Å². The third-order valence-corrected chi connectivity index (χ3v) is 4.31. The van der Waals surface area contributed by atoms with Gasteiger partial charge < -0.3 is 5.32 Å². The molecule has 0 aliphatic carbocycles. The van der Waals surface area contributed by atoms with E-state index in [9.17, 15) is 9.59 Å². The fourth-order valence-electron chi connectivity index (χ4n) is 2.38. The Morgan fingerprint density at radius 3 is 2.62 bits per heavy atom. The summed E-state index contributed by atoms with van der Waals surface area (Å²) in [5.41, 5.74) is 1.53. The number of carbonyl (C=O) groups excluding carboxylic acids is 1. The lowest BCUT2D eigenvalue weighted by atomic mass is 10.1. The molecule has 2 aromatic heterocycles. The molecule has 3 rings (SSSR count). The minimum absolute atomic E-state index is 0.00554. The highest BCUT2D eigenvalue weighted by Crippen LogP contribution is 2.21. The van der Waals surface area contributed by atoms with Crippen LogP contribution in [-0.4, -0.2) is 27.6 Å². The molecule has 132 valence electrons. The lowest BCUT2D eigenvalue weighted by Crippen LogP contribution is -2.31. The molecule has 0 unspecified atom stereocenters. The molecular weight excluding hydrogens is 375 g/mol. The first-order chi connectivity index (χ1) is 12.5. The van der Waals surface area contributed by atoms with E-state index in [1.165, 1.54) is 6.07 Å². The van der Waals surface area contributed by atoms with Crippen molar-refractivity contribution in [3.63, 3.8) is 0 Å². The summed E-state index contributed by atoms with van der Waals surface area (Å²) in [4.78, 5) is 28.2. The number of nitrogens with zero attached hydrogens (tertiary/aromatic N) is 2. The normalized spacial score (nSPS) is 10.5. The molecule has 0 saturated carbocycles. The van der Waals surface area contributed by atoms with Crippen molar-refractivity contribution in [2.75, 3.05) is 6.54 Å². The second-order valence-electron chi connectivity index (χ2n) is 5.47. The van der Waals surface area contributed by atoms with Gasteiger partial charge in [-0.05, 0) is 42.3 Å². The SMILES string of the molecule is O=C(NCCc1ccc(Cl)cc1Cl)c1cc(-c2ccncc2)n[nH]c1=O. The van der Waals surface area contributed by atoms with Gasteiger partial charge in [0, 0.05) is 34.5 Å². The first kappa shape index (κ1) is 18.1. The van der Waals surface area contributed by atoms with Gasteiger partial charge >= 0.3 is 0 Å². The van der Waals surface area contributed by atoms with Crippen molar-refractivity contribution in [3.05, 3.63) is 80.3 Å². The molecule has 0 bridgehead atoms. The molecule has 26 heavy (non-hydrogen) atoms. The van der Waals surface area contributed by atoms with Gasteiger partial charge in [0.25, 0.3) is 11.5 Å². The average molecular weight is 389 g/mol. The fourth-order valence-corrected chi connectivity index (χ4v) is 2.88. The Morgan fingerprint density at radius 1 is 1.12 bits per heavy atom. The summed E-state index contributed by atoms with van der Waals surface area (Å²) in [7, 11) is 0. The van der Waals surface area contributed by atoms with Crippen LogP contribution in [0.25, 0.3) is 11.3 Å². The van der Waals surface area contributed by atoms with Crippen molar-refractivity contribution in [1.29, 1.82) is 0 Å². The van der Waals surface area contributed by atoms with E-state index in [1.807, 2.05) is 0 Å². The molecule has 0 spiro atoms. The van der Waals surface area contributed by atoms with Gasteiger partial charge in [0.15, 0.2) is 0 Å². The summed E-state index contributed by atoms with van der Waals surface area (Å²) < 4.78 is 0. The van der Waals surface area contributed by atoms with Crippen molar-refractivity contribution in [2.24, 2.45) is 0 Å². The second kappa shape index (κ2) is 8.12. The number of pyridine rings is 1. The molecule has 8 heteroatoms. The zero-order valence-electron chi connectivity index (χ0n) is 13.5. The predicted octanol–water partition coefficient (Wildman–Crippen LogP) is 3.11. The molecule has 0 atom stereocenters. The quantitative estimate of drug-likeness (QED) is 0.702. The maximum atomic E-state index is 12.4. The predicted molar refractivity (Wildman–Crippen MR) is 101 cm³/mol. The van der Waals surface area contributed by atoms with E-state index in [-0.39, 0.29) is 5.56 Å². The maximum Gasteiger partial charge on any atom is 0.277 e. The van der Waals surface area contributed by atoms with Crippen molar-refractivity contribution >= 4 is 29.1 Å². The molecule has 0 aliphatic rings. The summed E-state index contributed by atoms with van der Waals surface area (Å²) >= 11 is 12.0. The van der Waals surface area contributed by atoms with Gasteiger partial charge in [-0.1, -0.05) is 29.3 Å². The van der Waals surface area contributed by atoms with Crippen molar-refractivity contribution in [3.8, 4) is 11.3 Å². The van der Waals surface area contributed by atoms with E-state index < -0.39 is 11.5 Å². The summed E-state index contributed by atoms with van der Waals surface area (Å²) in [5, 5.41) is 10.1. The largest absolute Gasteiger partial charge is 0.352 e. The van der Waals surface area contributed by atoms with Crippen LogP contribution in [0.1, 0.15) is 15.9 Å². The molecule has 6 nitrogen and oxygen atoms in total. The number of hydrogen-bond donors (Lipinski definition) is 2. The van der Waals surface area contributed by atoms with E-state index in [2.05, 4.69) is 20.5 Å². The number of H-pyrrole nitrogens is 1. The summed E-state index contributed by atoms with van der Waals surface area (Å²) in [6.07, 6.45) is 3.73. The monoisotopic (exact) mass is 388 g/mol. The lowest BCUT2D eigenvalue weighted by Gasteiger charge is -2.07. The minimum atomic E-state index is -0.551. The molecule has 0 radical (unpaired) electrons. The van der Waals surface area contributed by atoms with Crippen molar-refractivity contribution in [1.82, 2.24) is 20.5 Å². The summed E-state index contributed by atoms with van der Waals surface area (Å²) in [5.74, 6) is -0.478. The zero-order valence-corrected chi connectivity index (χ0v) is 15.0. The molecule has 2 heterocycles. The molecule has 0 fully saturated rings. The van der Waals surface area contributed by atoms with E-state index in [4.69, 9.17) is 23.2 Å². The first-order valence-electron chi connectivity index (χ1n) is 7.77. The first-order valence-corrected chi connectivity index (χ1v) is 8.52. The Labute approximate surface area is 159 Å². The van der Waals surface area contributed by atoms with Crippen LogP contribution in [0.2, 0.25) is 10.0 Å². The Balaban J connectivity index is 1.70. The van der Waals surface area contributed by atoms with Gasteiger partial charge in [-0.3, -0.25) is 14.6 Å². The van der Waals surface area contributed by atoms with Crippen molar-refractivity contribution in [2.45, 2.75) is 6.42 Å². The van der Waals surface area contributed by atoms with Crippen LogP contribution in [0, 0.1) is 0 Å². The van der Waals surface area contributed by atoms with Crippen LogP contribution in [0.15, 0.2) is 53.6 Å². The molecule has 1 aromatic carbocycles. The van der Waals surface area contributed by atoms with Crippen LogP contribution in [0.5, 0.6) is 0 Å². The second-order valence-corrected chi connectivity index (χ2v) is 6.32. The van der Waals surface area contributed by atoms with E-state index in [0.29, 0.717) is 28.7 Å². The number of aromatic nitrogens is 3. The molecule has 3 aromatic rings. The highest BCUT2D eigenvalue weighted by Gasteiger charge is 2.13. The number of nitrogens with one attached hydrogen (secondary N) is 2. The average Bonchev–Trinajstić information content (AvgIpc) is 2.64. The molecule has 2 N–H and O–H groups in total. The van der Waals surface area contributed by atoms with E-state index in [0.717, 1.165) is 11.1 Å². The Morgan fingerprint density at radius 2 is 1.88 bits per heavy atom. The fraction of sp³-hybridized carbons (Fsp3) is 0.111. The highest BCUT2D eigenvalue weighted by atomic mass is 35.5. The highest BCUT2D eigenvalue weighted by molar-refractivity contribution is 6.35. The number of hydrogen-bond acceptors (Lipinski definition) is 4. The van der Waals surface area contributed by atoms with Crippen LogP contribution in [0.4, 0.5) is 0 Å². The molecular formula is C18H14Cl2N4O2. The van der Waals surface area contributed by atoms with E-state index >= 15 is 0 Å². The topological polar surface area (TPSA) is 87.7 Å². The number of halogens is 2. The van der Waals surface area contributed by atoms with Crippen LogP contribution >= 0.6 is 23.2 Å². The molecule has 1 amide bonds. The van der Waals surface area contributed by atoms with Crippen LogP contribution in [0.3, 0.4) is 0 Å². The van der Waals surface area contributed by atoms with Crippen LogP contribution in [-0.2, 0) is 6.42 Å². The smallest absolute Gasteiger partial charge is 0.277 e. The summed E-state index contributed by atoms with van der Waals surface area (Å²) in [6.45, 7) is 0.326. The van der Waals surface area contributed by atoms with Gasteiger partial charge in [-0.2, -0.15) is 5.10 Å². The maximum absolute atomic E-state index is 12.4. The van der Waals surface area contributed by atoms with Crippen LogP contribution < -0.4 is 10.9 Å². The minimum Gasteiger partial charge on any atom is -0.352 e. The van der Waals surface area contributed by atoms with E-state index in [1.54, 1.807) is 42.7 Å². The number of benzene rings is 1. The van der Waals surface area contributed by atoms with Crippen molar-refractivity contribution < 1.29 is 4.79 Å². The van der Waals surface area contributed by atoms with Gasteiger partial charge in [-0.15, -0.1) is 0 Å². The number of carbonyl (C=O) groups is 1. The lowest BCUT2D eigenvalue weighted by molar-refractivity contribution is 0.0952. The van der Waals surface area contributed by atoms with Gasteiger partial charge in [0.2, 0.25) is 0 Å². The van der Waals surface area contributed by atoms with Gasteiger partial charge in [0.1, 0.15) is 5.56 Å². The molecule has 0 saturated heterocycles. The number of aromatic amines is 1. The summed E-state index contributed by atoms with van der Waals surface area (Å²) in [6, 6.07) is 10.1. The number of rotatable bonds is 5. The Bertz CT molecular complexity index is 990. The van der Waals surface area contributed by atoms with Gasteiger partial charge in [-0.25, -0.2) is 5.10 Å². The molecule has 0 aliphatic heterocycles. The third kappa shape index (κ3) is 4.28. The Hall–Kier alpha value is -2.70.